The summed E-state index contributed by atoms with van der Waals surface area (Å²) in [5, 5.41) is 3.06. The standard InChI is InChI=1S/C16H25BrN4O2.HI/c17-14-3-1-4-15(13-14)23-10-6-20-16(18)19-5-2-7-21-8-11-22-12-9-21;/h1,3-4,13H,2,5-12H2,(H3,18,19,20);1H. The van der Waals surface area contributed by atoms with E-state index in [0.29, 0.717) is 19.1 Å². The summed E-state index contributed by atoms with van der Waals surface area (Å²) in [6, 6.07) is 7.76. The van der Waals surface area contributed by atoms with E-state index in [-0.39, 0.29) is 24.0 Å². The van der Waals surface area contributed by atoms with Crippen molar-refractivity contribution in [2.24, 2.45) is 10.7 Å². The van der Waals surface area contributed by atoms with Crippen LogP contribution in [0.2, 0.25) is 0 Å². The Labute approximate surface area is 169 Å². The molecule has 0 aromatic heterocycles. The third kappa shape index (κ3) is 9.05. The molecular weight excluding hydrogens is 487 g/mol. The number of benzene rings is 1. The summed E-state index contributed by atoms with van der Waals surface area (Å²) in [5.41, 5.74) is 5.84. The fourth-order valence-electron chi connectivity index (χ4n) is 2.28. The van der Waals surface area contributed by atoms with Crippen LogP contribution in [-0.4, -0.2) is 63.4 Å². The Balaban J connectivity index is 0.00000288. The molecule has 136 valence electrons. The molecule has 1 aliphatic rings. The number of halogens is 2. The maximum Gasteiger partial charge on any atom is 0.188 e. The third-order valence-electron chi connectivity index (χ3n) is 3.49. The van der Waals surface area contributed by atoms with Crippen LogP contribution in [0, 0.1) is 0 Å². The van der Waals surface area contributed by atoms with E-state index in [2.05, 4.69) is 31.1 Å². The van der Waals surface area contributed by atoms with Crippen LogP contribution in [0.5, 0.6) is 5.75 Å². The minimum absolute atomic E-state index is 0. The number of morpholine rings is 1. The predicted molar refractivity (Wildman–Crippen MR) is 111 cm³/mol. The number of hydrogen-bond acceptors (Lipinski definition) is 4. The Morgan fingerprint density at radius 3 is 2.92 bits per heavy atom. The maximum atomic E-state index is 5.84. The lowest BCUT2D eigenvalue weighted by molar-refractivity contribution is 0.0377. The predicted octanol–water partition coefficient (Wildman–Crippen LogP) is 2.07. The fraction of sp³-hybridized carbons (Fsp3) is 0.562. The first-order valence-electron chi connectivity index (χ1n) is 7.96. The molecule has 1 aromatic carbocycles. The van der Waals surface area contributed by atoms with Crippen LogP contribution in [0.3, 0.4) is 0 Å². The van der Waals surface area contributed by atoms with E-state index >= 15 is 0 Å². The van der Waals surface area contributed by atoms with Crippen LogP contribution in [0.25, 0.3) is 0 Å². The van der Waals surface area contributed by atoms with Crippen molar-refractivity contribution in [3.8, 4) is 5.75 Å². The zero-order valence-electron chi connectivity index (χ0n) is 13.7. The van der Waals surface area contributed by atoms with E-state index in [0.717, 1.165) is 56.0 Å². The van der Waals surface area contributed by atoms with Gasteiger partial charge in [-0.15, -0.1) is 24.0 Å². The smallest absolute Gasteiger partial charge is 0.188 e. The summed E-state index contributed by atoms with van der Waals surface area (Å²) in [6.45, 7) is 6.67. The Kier molecular flexibility index (Phi) is 11.4. The highest BCUT2D eigenvalue weighted by Crippen LogP contribution is 2.17. The van der Waals surface area contributed by atoms with E-state index in [1.807, 2.05) is 24.3 Å². The van der Waals surface area contributed by atoms with Gasteiger partial charge in [0.25, 0.3) is 0 Å². The van der Waals surface area contributed by atoms with Gasteiger partial charge in [0.15, 0.2) is 5.96 Å². The van der Waals surface area contributed by atoms with Gasteiger partial charge in [0.2, 0.25) is 0 Å². The Morgan fingerprint density at radius 1 is 1.38 bits per heavy atom. The summed E-state index contributed by atoms with van der Waals surface area (Å²) in [5.74, 6) is 1.31. The van der Waals surface area contributed by atoms with Gasteiger partial charge >= 0.3 is 0 Å². The van der Waals surface area contributed by atoms with Crippen LogP contribution in [-0.2, 0) is 4.74 Å². The zero-order chi connectivity index (χ0) is 16.3. The fourth-order valence-corrected chi connectivity index (χ4v) is 2.66. The van der Waals surface area contributed by atoms with Crippen molar-refractivity contribution in [3.63, 3.8) is 0 Å². The number of guanidine groups is 1. The number of aliphatic imine (C=N–C) groups is 1. The number of nitrogens with zero attached hydrogens (tertiary/aromatic N) is 2. The van der Waals surface area contributed by atoms with Crippen molar-refractivity contribution in [2.75, 3.05) is 52.5 Å². The molecule has 0 saturated carbocycles. The molecule has 0 spiro atoms. The number of nitrogens with one attached hydrogen (secondary N) is 1. The second-order valence-corrected chi connectivity index (χ2v) is 6.22. The molecule has 1 aromatic rings. The van der Waals surface area contributed by atoms with Crippen LogP contribution in [0.4, 0.5) is 0 Å². The molecule has 1 aliphatic heterocycles. The van der Waals surface area contributed by atoms with Crippen molar-refractivity contribution >= 4 is 45.9 Å². The van der Waals surface area contributed by atoms with Crippen molar-refractivity contribution in [3.05, 3.63) is 28.7 Å². The topological polar surface area (TPSA) is 72.1 Å². The maximum absolute atomic E-state index is 5.84. The number of rotatable bonds is 8. The van der Waals surface area contributed by atoms with E-state index in [1.54, 1.807) is 0 Å². The summed E-state index contributed by atoms with van der Waals surface area (Å²) in [4.78, 5) is 6.73. The van der Waals surface area contributed by atoms with E-state index < -0.39 is 0 Å². The SMILES string of the molecule is I.NC(=NCCCN1CCOCC1)NCCOc1cccc(Br)c1. The van der Waals surface area contributed by atoms with Crippen molar-refractivity contribution in [1.29, 1.82) is 0 Å². The molecule has 0 bridgehead atoms. The average molecular weight is 513 g/mol. The first-order valence-corrected chi connectivity index (χ1v) is 8.75. The minimum Gasteiger partial charge on any atom is -0.492 e. The Morgan fingerprint density at radius 2 is 2.17 bits per heavy atom. The van der Waals surface area contributed by atoms with Gasteiger partial charge in [-0.3, -0.25) is 9.89 Å². The second-order valence-electron chi connectivity index (χ2n) is 5.31. The highest BCUT2D eigenvalue weighted by atomic mass is 127. The second kappa shape index (κ2) is 12.7. The molecule has 0 unspecified atom stereocenters. The van der Waals surface area contributed by atoms with Gasteiger partial charge in [0.05, 0.1) is 19.8 Å². The normalized spacial score (nSPS) is 15.6. The molecule has 1 fully saturated rings. The van der Waals surface area contributed by atoms with E-state index in [9.17, 15) is 0 Å². The summed E-state index contributed by atoms with van der Waals surface area (Å²) in [7, 11) is 0. The van der Waals surface area contributed by atoms with E-state index in [1.165, 1.54) is 0 Å². The third-order valence-corrected chi connectivity index (χ3v) is 3.98. The van der Waals surface area contributed by atoms with Gasteiger partial charge in [-0.25, -0.2) is 0 Å². The van der Waals surface area contributed by atoms with Crippen molar-refractivity contribution in [2.45, 2.75) is 6.42 Å². The molecule has 1 heterocycles. The molecule has 0 radical (unpaired) electrons. The lowest BCUT2D eigenvalue weighted by atomic mass is 10.3. The minimum atomic E-state index is 0. The molecule has 0 aliphatic carbocycles. The largest absolute Gasteiger partial charge is 0.492 e. The molecule has 8 heteroatoms. The number of ether oxygens (including phenoxy) is 2. The molecule has 24 heavy (non-hydrogen) atoms. The van der Waals surface area contributed by atoms with Gasteiger partial charge < -0.3 is 20.5 Å². The molecule has 6 nitrogen and oxygen atoms in total. The van der Waals surface area contributed by atoms with Gasteiger partial charge in [0.1, 0.15) is 12.4 Å². The van der Waals surface area contributed by atoms with E-state index in [4.69, 9.17) is 15.2 Å². The first-order chi connectivity index (χ1) is 11.2. The van der Waals surface area contributed by atoms with Gasteiger partial charge in [-0.1, -0.05) is 22.0 Å². The highest BCUT2D eigenvalue weighted by molar-refractivity contribution is 14.0. The molecule has 2 rings (SSSR count). The van der Waals surface area contributed by atoms with Gasteiger partial charge in [0, 0.05) is 30.7 Å². The monoisotopic (exact) mass is 512 g/mol. The average Bonchev–Trinajstić information content (AvgIpc) is 2.57. The molecule has 1 saturated heterocycles. The van der Waals surface area contributed by atoms with Crippen LogP contribution in [0.15, 0.2) is 33.7 Å². The summed E-state index contributed by atoms with van der Waals surface area (Å²) < 4.78 is 11.9. The molecule has 0 atom stereocenters. The molecule has 0 amide bonds. The first kappa shape index (κ1) is 21.5. The van der Waals surface area contributed by atoms with Crippen LogP contribution >= 0.6 is 39.9 Å². The molecule has 3 N–H and O–H groups in total. The highest BCUT2D eigenvalue weighted by Gasteiger charge is 2.08. The van der Waals surface area contributed by atoms with Crippen molar-refractivity contribution < 1.29 is 9.47 Å². The Hall–Kier alpha value is -0.580. The summed E-state index contributed by atoms with van der Waals surface area (Å²) in [6.07, 6.45) is 1.01. The molecular formula is C16H26BrIN4O2. The van der Waals surface area contributed by atoms with Gasteiger partial charge in [-0.2, -0.15) is 0 Å². The lowest BCUT2D eigenvalue weighted by Crippen LogP contribution is -2.37. The van der Waals surface area contributed by atoms with Gasteiger partial charge in [-0.05, 0) is 24.6 Å². The van der Waals surface area contributed by atoms with Crippen molar-refractivity contribution in [1.82, 2.24) is 10.2 Å². The number of hydrogen-bond donors (Lipinski definition) is 2. The van der Waals surface area contributed by atoms with Crippen LogP contribution < -0.4 is 15.8 Å². The summed E-state index contributed by atoms with van der Waals surface area (Å²) >= 11 is 3.41. The Bertz CT molecular complexity index is 499. The van der Waals surface area contributed by atoms with Crippen LogP contribution in [0.1, 0.15) is 6.42 Å². The zero-order valence-corrected chi connectivity index (χ0v) is 17.7. The quantitative estimate of drug-likeness (QED) is 0.241. The number of nitrogens with two attached hydrogens (primary N) is 1. The lowest BCUT2D eigenvalue weighted by Gasteiger charge is -2.26.